The van der Waals surface area contributed by atoms with Crippen LogP contribution in [0.1, 0.15) is 53.1 Å². The van der Waals surface area contributed by atoms with Crippen LogP contribution in [0.4, 0.5) is 4.79 Å². The summed E-state index contributed by atoms with van der Waals surface area (Å²) in [6, 6.07) is 24.1. The van der Waals surface area contributed by atoms with Gasteiger partial charge in [0, 0.05) is 17.8 Å². The molecule has 6 nitrogen and oxygen atoms in total. The fourth-order valence-corrected chi connectivity index (χ4v) is 4.76. The molecule has 5 rings (SSSR count). The van der Waals surface area contributed by atoms with E-state index in [0.29, 0.717) is 18.3 Å². The monoisotopic (exact) mass is 492 g/mol. The Balaban J connectivity index is 1.51. The fraction of sp³-hybridized carbons (Fsp3) is 0.258. The highest BCUT2D eigenvalue weighted by atomic mass is 16.5. The average molecular weight is 493 g/mol. The second kappa shape index (κ2) is 10.4. The van der Waals surface area contributed by atoms with Gasteiger partial charge in [-0.05, 0) is 62.8 Å². The number of carbonyl (C=O) groups excluding carboxylic acids is 1. The van der Waals surface area contributed by atoms with Gasteiger partial charge in [0.15, 0.2) is 0 Å². The van der Waals surface area contributed by atoms with Gasteiger partial charge in [0.25, 0.3) is 5.89 Å². The number of urea groups is 1. The second-order valence-corrected chi connectivity index (χ2v) is 9.76. The highest BCUT2D eigenvalue weighted by Gasteiger charge is 2.35. The molecule has 188 valence electrons. The van der Waals surface area contributed by atoms with Crippen molar-refractivity contribution in [2.45, 2.75) is 46.6 Å². The van der Waals surface area contributed by atoms with E-state index in [1.807, 2.05) is 56.3 Å². The van der Waals surface area contributed by atoms with Crippen molar-refractivity contribution in [3.8, 4) is 11.4 Å². The van der Waals surface area contributed by atoms with Gasteiger partial charge in [-0.3, -0.25) is 4.90 Å². The van der Waals surface area contributed by atoms with E-state index < -0.39 is 0 Å². The minimum Gasteiger partial charge on any atom is -0.334 e. The highest BCUT2D eigenvalue weighted by Crippen LogP contribution is 2.38. The molecule has 6 heteroatoms. The molecule has 0 saturated heterocycles. The predicted molar refractivity (Wildman–Crippen MR) is 146 cm³/mol. The van der Waals surface area contributed by atoms with Crippen molar-refractivity contribution in [3.05, 3.63) is 112 Å². The van der Waals surface area contributed by atoms with E-state index in [2.05, 4.69) is 54.7 Å². The van der Waals surface area contributed by atoms with Crippen LogP contribution >= 0.6 is 0 Å². The van der Waals surface area contributed by atoms with Gasteiger partial charge in [-0.2, -0.15) is 4.98 Å². The van der Waals surface area contributed by atoms with E-state index >= 15 is 0 Å². The number of aryl methyl sites for hydroxylation is 4. The second-order valence-electron chi connectivity index (χ2n) is 9.76. The number of hydrogen-bond acceptors (Lipinski definition) is 4. The Hall–Kier alpha value is -4.19. The first kappa shape index (κ1) is 24.5. The van der Waals surface area contributed by atoms with Crippen LogP contribution in [0.3, 0.4) is 0 Å². The lowest BCUT2D eigenvalue weighted by Crippen LogP contribution is -2.46. The average Bonchev–Trinajstić information content (AvgIpc) is 3.38. The largest absolute Gasteiger partial charge is 0.334 e. The van der Waals surface area contributed by atoms with E-state index in [1.165, 1.54) is 22.3 Å². The van der Waals surface area contributed by atoms with Gasteiger partial charge >= 0.3 is 6.03 Å². The minimum absolute atomic E-state index is 0.115. The van der Waals surface area contributed by atoms with Crippen molar-refractivity contribution >= 4 is 11.6 Å². The molecule has 37 heavy (non-hydrogen) atoms. The van der Waals surface area contributed by atoms with Crippen LogP contribution < -0.4 is 5.32 Å². The van der Waals surface area contributed by atoms with Gasteiger partial charge in [0.05, 0.1) is 11.6 Å². The standard InChI is InChI=1S/C31H32N4O2/c1-20-12-15-25(16-13-20)29-33-30(37-34-29)27-23(4)35(18-8-11-24-9-6-5-7-10-24)31(36)32-28(27)26-17-14-21(2)22(3)19-26/h5-7,9-10,12-17,19,28H,8,11,18H2,1-4H3,(H,32,36). The lowest BCUT2D eigenvalue weighted by atomic mass is 9.92. The Labute approximate surface area is 218 Å². The first-order valence-electron chi connectivity index (χ1n) is 12.7. The zero-order chi connectivity index (χ0) is 25.9. The summed E-state index contributed by atoms with van der Waals surface area (Å²) in [5.74, 6) is 0.950. The molecular weight excluding hydrogens is 460 g/mol. The Morgan fingerprint density at radius 1 is 0.919 bits per heavy atom. The fourth-order valence-electron chi connectivity index (χ4n) is 4.76. The quantitative estimate of drug-likeness (QED) is 0.308. The van der Waals surface area contributed by atoms with E-state index in [1.54, 1.807) is 4.90 Å². The highest BCUT2D eigenvalue weighted by molar-refractivity contribution is 5.87. The van der Waals surface area contributed by atoms with Crippen molar-refractivity contribution in [1.82, 2.24) is 20.4 Å². The number of allylic oxidation sites excluding steroid dienone is 1. The summed E-state index contributed by atoms with van der Waals surface area (Å²) in [6.07, 6.45) is 1.74. The minimum atomic E-state index is -0.386. The lowest BCUT2D eigenvalue weighted by Gasteiger charge is -2.35. The number of nitrogens with one attached hydrogen (secondary N) is 1. The zero-order valence-electron chi connectivity index (χ0n) is 21.8. The summed E-state index contributed by atoms with van der Waals surface area (Å²) in [5.41, 5.74) is 8.34. The summed E-state index contributed by atoms with van der Waals surface area (Å²) in [5, 5.41) is 7.49. The smallest absolute Gasteiger partial charge is 0.322 e. The third kappa shape index (κ3) is 5.19. The number of hydrogen-bond donors (Lipinski definition) is 1. The van der Waals surface area contributed by atoms with Crippen molar-refractivity contribution < 1.29 is 9.32 Å². The molecule has 0 radical (unpaired) electrons. The Morgan fingerprint density at radius 2 is 1.68 bits per heavy atom. The van der Waals surface area contributed by atoms with Crippen molar-refractivity contribution in [3.63, 3.8) is 0 Å². The molecule has 0 spiro atoms. The van der Waals surface area contributed by atoms with Crippen LogP contribution in [0.15, 0.2) is 83.0 Å². The molecule has 2 heterocycles. The molecule has 4 aromatic rings. The van der Waals surface area contributed by atoms with Crippen LogP contribution in [-0.2, 0) is 6.42 Å². The van der Waals surface area contributed by atoms with E-state index in [4.69, 9.17) is 9.51 Å². The van der Waals surface area contributed by atoms with Crippen LogP contribution in [0, 0.1) is 20.8 Å². The van der Waals surface area contributed by atoms with Gasteiger partial charge < -0.3 is 9.84 Å². The molecule has 1 aliphatic rings. The molecule has 1 aromatic heterocycles. The molecule has 2 amide bonds. The third-order valence-corrected chi connectivity index (χ3v) is 7.12. The topological polar surface area (TPSA) is 71.3 Å². The molecule has 0 aliphatic carbocycles. The number of rotatable bonds is 7. The van der Waals surface area contributed by atoms with E-state index in [0.717, 1.165) is 35.2 Å². The number of carbonyl (C=O) groups is 1. The van der Waals surface area contributed by atoms with E-state index in [9.17, 15) is 4.79 Å². The molecule has 1 aliphatic heterocycles. The number of aromatic nitrogens is 2. The summed E-state index contributed by atoms with van der Waals surface area (Å²) in [7, 11) is 0. The number of amides is 2. The van der Waals surface area contributed by atoms with E-state index in [-0.39, 0.29) is 12.1 Å². The summed E-state index contributed by atoms with van der Waals surface area (Å²) < 4.78 is 5.83. The molecule has 0 saturated carbocycles. The Kier molecular flexibility index (Phi) is 6.91. The van der Waals surface area contributed by atoms with Crippen LogP contribution in [-0.4, -0.2) is 27.6 Å². The molecular formula is C31H32N4O2. The summed E-state index contributed by atoms with van der Waals surface area (Å²) >= 11 is 0. The molecule has 1 unspecified atom stereocenters. The molecule has 1 N–H and O–H groups in total. The van der Waals surface area contributed by atoms with Crippen LogP contribution in [0.5, 0.6) is 0 Å². The first-order valence-corrected chi connectivity index (χ1v) is 12.7. The molecule has 0 bridgehead atoms. The predicted octanol–water partition coefficient (Wildman–Crippen LogP) is 6.79. The molecule has 3 aromatic carbocycles. The Bertz CT molecular complexity index is 1440. The van der Waals surface area contributed by atoms with Crippen molar-refractivity contribution in [2.75, 3.05) is 6.54 Å². The molecule has 0 fully saturated rings. The maximum Gasteiger partial charge on any atom is 0.322 e. The van der Waals surface area contributed by atoms with Gasteiger partial charge in [-0.15, -0.1) is 0 Å². The van der Waals surface area contributed by atoms with Gasteiger partial charge in [0.2, 0.25) is 5.82 Å². The van der Waals surface area contributed by atoms with Gasteiger partial charge in [0.1, 0.15) is 0 Å². The summed E-state index contributed by atoms with van der Waals surface area (Å²) in [6.45, 7) is 8.78. The van der Waals surface area contributed by atoms with Crippen molar-refractivity contribution in [2.24, 2.45) is 0 Å². The van der Waals surface area contributed by atoms with Crippen LogP contribution in [0.25, 0.3) is 17.0 Å². The summed E-state index contributed by atoms with van der Waals surface area (Å²) in [4.78, 5) is 19.9. The maximum absolute atomic E-state index is 13.3. The number of nitrogens with zero attached hydrogens (tertiary/aromatic N) is 3. The molecule has 1 atom stereocenters. The van der Waals surface area contributed by atoms with Gasteiger partial charge in [-0.25, -0.2) is 4.79 Å². The van der Waals surface area contributed by atoms with Crippen LogP contribution in [0.2, 0.25) is 0 Å². The third-order valence-electron chi connectivity index (χ3n) is 7.12. The SMILES string of the molecule is CC1=C(c2nc(-c3ccc(C)cc3)no2)C(c2ccc(C)c(C)c2)NC(=O)N1CCCc1ccccc1. The van der Waals surface area contributed by atoms with Crippen molar-refractivity contribution in [1.29, 1.82) is 0 Å². The Morgan fingerprint density at radius 3 is 2.41 bits per heavy atom. The first-order chi connectivity index (χ1) is 17.9. The normalized spacial score (nSPS) is 15.7. The zero-order valence-corrected chi connectivity index (χ0v) is 21.8. The maximum atomic E-state index is 13.3. The van der Waals surface area contributed by atoms with Gasteiger partial charge in [-0.1, -0.05) is 83.5 Å². The lowest BCUT2D eigenvalue weighted by molar-refractivity contribution is 0.204. The number of benzene rings is 3.